The van der Waals surface area contributed by atoms with Gasteiger partial charge >= 0.3 is 0 Å². The molecule has 1 atom stereocenters. The molecule has 0 aliphatic heterocycles. The number of hydrogen-bond acceptors (Lipinski definition) is 1. The highest BCUT2D eigenvalue weighted by Crippen LogP contribution is 2.32. The Morgan fingerprint density at radius 3 is 2.08 bits per heavy atom. The third-order valence-electron chi connectivity index (χ3n) is 2.07. The zero-order valence-electron chi connectivity index (χ0n) is 8.51. The molecule has 0 heterocycles. The molecule has 1 aliphatic rings. The van der Waals surface area contributed by atoms with Gasteiger partial charge in [0, 0.05) is 0 Å². The van der Waals surface area contributed by atoms with Gasteiger partial charge in [-0.05, 0) is 18.5 Å². The summed E-state index contributed by atoms with van der Waals surface area (Å²) in [6.45, 7) is 4.37. The fourth-order valence-corrected chi connectivity index (χ4v) is 1.68. The lowest BCUT2D eigenvalue weighted by atomic mass is 10.2. The van der Waals surface area contributed by atoms with Gasteiger partial charge in [-0.3, -0.25) is 0 Å². The summed E-state index contributed by atoms with van der Waals surface area (Å²) in [6, 6.07) is 0. The van der Waals surface area contributed by atoms with Crippen molar-refractivity contribution in [1.82, 2.24) is 0 Å². The normalized spacial score (nSPS) is 16.2. The van der Waals surface area contributed by atoms with E-state index in [1.807, 2.05) is 0 Å². The molecule has 2 heteroatoms. The van der Waals surface area contributed by atoms with Crippen LogP contribution in [0.2, 0.25) is 0 Å². The second-order valence-corrected chi connectivity index (χ2v) is 4.45. The molecule has 12 heavy (non-hydrogen) atoms. The van der Waals surface area contributed by atoms with Gasteiger partial charge in [-0.1, -0.05) is 46.0 Å². The Morgan fingerprint density at radius 2 is 1.92 bits per heavy atom. The van der Waals surface area contributed by atoms with Crippen LogP contribution in [0.25, 0.3) is 0 Å². The zero-order chi connectivity index (χ0) is 9.23. The zero-order valence-corrected chi connectivity index (χ0v) is 9.67. The van der Waals surface area contributed by atoms with Crippen molar-refractivity contribution >= 4 is 8.46 Å². The molecular weight excluding hydrogens is 167 g/mol. The molecule has 1 fully saturated rings. The van der Waals surface area contributed by atoms with Gasteiger partial charge in [0.1, 0.15) is 0 Å². The predicted molar refractivity (Wildman–Crippen MR) is 57.8 cm³/mol. The van der Waals surface area contributed by atoms with E-state index in [0.29, 0.717) is 0 Å². The lowest BCUT2D eigenvalue weighted by Crippen LogP contribution is -1.68. The van der Waals surface area contributed by atoms with Crippen molar-refractivity contribution in [1.29, 1.82) is 0 Å². The van der Waals surface area contributed by atoms with Crippen molar-refractivity contribution in [2.75, 3.05) is 6.16 Å². The van der Waals surface area contributed by atoms with Gasteiger partial charge in [0.05, 0.1) is 8.46 Å². The minimum Gasteiger partial charge on any atom is -0.330 e. The van der Waals surface area contributed by atoms with Crippen LogP contribution >= 0.6 is 8.46 Å². The summed E-state index contributed by atoms with van der Waals surface area (Å²) in [6.07, 6.45) is 9.18. The van der Waals surface area contributed by atoms with Crippen molar-refractivity contribution in [2.45, 2.75) is 52.4 Å². The molecule has 0 aromatic carbocycles. The summed E-state index contributed by atoms with van der Waals surface area (Å²) in [7, 11) is -0.466. The smallest absolute Gasteiger partial charge is 0.0645 e. The summed E-state index contributed by atoms with van der Waals surface area (Å²) >= 11 is 0. The van der Waals surface area contributed by atoms with E-state index in [9.17, 15) is 4.57 Å². The number of unbranched alkanes of at least 4 members (excludes halogenated alkanes) is 1. The molecule has 0 radical (unpaired) electrons. The summed E-state index contributed by atoms with van der Waals surface area (Å²) in [5.41, 5.74) is 0. The maximum atomic E-state index is 9.77. The predicted octanol–water partition coefficient (Wildman–Crippen LogP) is 3.74. The SMILES string of the molecule is CCCC1CC1.CCCC[PH2]=O. The van der Waals surface area contributed by atoms with Crippen LogP contribution < -0.4 is 0 Å². The summed E-state index contributed by atoms with van der Waals surface area (Å²) < 4.78 is 9.77. The van der Waals surface area contributed by atoms with E-state index in [2.05, 4.69) is 13.8 Å². The van der Waals surface area contributed by atoms with Gasteiger partial charge < -0.3 is 4.57 Å². The summed E-state index contributed by atoms with van der Waals surface area (Å²) in [5, 5.41) is 0. The fraction of sp³-hybridized carbons (Fsp3) is 1.00. The Hall–Kier alpha value is 0.230. The summed E-state index contributed by atoms with van der Waals surface area (Å²) in [4.78, 5) is 0. The largest absolute Gasteiger partial charge is 0.330 e. The van der Waals surface area contributed by atoms with Crippen molar-refractivity contribution in [2.24, 2.45) is 5.92 Å². The molecule has 0 aromatic rings. The third kappa shape index (κ3) is 10.2. The van der Waals surface area contributed by atoms with Gasteiger partial charge in [0.2, 0.25) is 0 Å². The Bertz CT molecular complexity index is 100. The first kappa shape index (κ1) is 12.2. The van der Waals surface area contributed by atoms with Crippen molar-refractivity contribution < 1.29 is 4.57 Å². The van der Waals surface area contributed by atoms with E-state index in [-0.39, 0.29) is 0 Å². The first-order valence-corrected chi connectivity index (χ1v) is 6.57. The van der Waals surface area contributed by atoms with E-state index in [4.69, 9.17) is 0 Å². The average Bonchev–Trinajstić information content (AvgIpc) is 2.86. The van der Waals surface area contributed by atoms with Crippen LogP contribution in [0, 0.1) is 5.92 Å². The Morgan fingerprint density at radius 1 is 1.25 bits per heavy atom. The molecule has 0 N–H and O–H groups in total. The highest BCUT2D eigenvalue weighted by atomic mass is 31.1. The van der Waals surface area contributed by atoms with Crippen LogP contribution in [0.15, 0.2) is 0 Å². The van der Waals surface area contributed by atoms with Crippen LogP contribution in [0.1, 0.15) is 52.4 Å². The maximum absolute atomic E-state index is 9.77. The molecular formula is C10H23OP. The van der Waals surface area contributed by atoms with Gasteiger partial charge in [-0.2, -0.15) is 0 Å². The van der Waals surface area contributed by atoms with Crippen molar-refractivity contribution in [3.05, 3.63) is 0 Å². The quantitative estimate of drug-likeness (QED) is 0.476. The highest BCUT2D eigenvalue weighted by molar-refractivity contribution is 7.23. The lowest BCUT2D eigenvalue weighted by molar-refractivity contribution is 0.597. The van der Waals surface area contributed by atoms with Crippen LogP contribution in [0.3, 0.4) is 0 Å². The van der Waals surface area contributed by atoms with E-state index in [1.165, 1.54) is 32.1 Å². The topological polar surface area (TPSA) is 17.1 Å². The minimum absolute atomic E-state index is 0.466. The summed E-state index contributed by atoms with van der Waals surface area (Å²) in [5.74, 6) is 1.15. The van der Waals surface area contributed by atoms with E-state index < -0.39 is 8.46 Å². The van der Waals surface area contributed by atoms with E-state index in [1.54, 1.807) is 0 Å². The Labute approximate surface area is 78.1 Å². The maximum Gasteiger partial charge on any atom is 0.0645 e. The van der Waals surface area contributed by atoms with Gasteiger partial charge in [-0.15, -0.1) is 0 Å². The van der Waals surface area contributed by atoms with Crippen molar-refractivity contribution in [3.8, 4) is 0 Å². The van der Waals surface area contributed by atoms with Gasteiger partial charge in [0.15, 0.2) is 0 Å². The third-order valence-corrected chi connectivity index (χ3v) is 2.71. The number of hydrogen-bond donors (Lipinski definition) is 0. The molecule has 1 saturated carbocycles. The van der Waals surface area contributed by atoms with Gasteiger partial charge in [0.25, 0.3) is 0 Å². The van der Waals surface area contributed by atoms with E-state index >= 15 is 0 Å². The molecule has 0 amide bonds. The molecule has 1 aliphatic carbocycles. The monoisotopic (exact) mass is 190 g/mol. The number of rotatable bonds is 5. The van der Waals surface area contributed by atoms with Gasteiger partial charge in [-0.25, -0.2) is 0 Å². The van der Waals surface area contributed by atoms with Crippen LogP contribution in [-0.2, 0) is 4.57 Å². The molecule has 1 nitrogen and oxygen atoms in total. The molecule has 0 aromatic heterocycles. The molecule has 1 unspecified atom stereocenters. The Kier molecular flexibility index (Phi) is 9.50. The Balaban J connectivity index is 0.000000202. The molecule has 74 valence electrons. The van der Waals surface area contributed by atoms with Crippen LogP contribution in [0.4, 0.5) is 0 Å². The van der Waals surface area contributed by atoms with Crippen LogP contribution in [0.5, 0.6) is 0 Å². The first-order valence-electron chi connectivity index (χ1n) is 5.28. The minimum atomic E-state index is -0.466. The molecule has 0 bridgehead atoms. The fourth-order valence-electron chi connectivity index (χ4n) is 1.10. The van der Waals surface area contributed by atoms with Crippen molar-refractivity contribution in [3.63, 3.8) is 0 Å². The second kappa shape index (κ2) is 9.32. The van der Waals surface area contributed by atoms with Crippen LogP contribution in [-0.4, -0.2) is 6.16 Å². The highest BCUT2D eigenvalue weighted by Gasteiger charge is 2.18. The first-order chi connectivity index (χ1) is 5.85. The lowest BCUT2D eigenvalue weighted by Gasteiger charge is -1.82. The molecule has 0 spiro atoms. The molecule has 0 saturated heterocycles. The molecule has 1 rings (SSSR count). The van der Waals surface area contributed by atoms with E-state index in [0.717, 1.165) is 18.5 Å². The second-order valence-electron chi connectivity index (χ2n) is 3.54. The average molecular weight is 190 g/mol. The standard InChI is InChI=1S/C6H12.C4H11OP/c1-2-3-6-4-5-6;1-2-3-4-6-5/h6H,2-5H2,1H3;2-4,6H2,1H3.